The monoisotopic (exact) mass is 385 g/mol. The highest BCUT2D eigenvalue weighted by Crippen LogP contribution is 2.38. The van der Waals surface area contributed by atoms with Crippen molar-refractivity contribution in [2.24, 2.45) is 0 Å². The Labute approximate surface area is 162 Å². The van der Waals surface area contributed by atoms with E-state index in [4.69, 9.17) is 9.47 Å². The Morgan fingerprint density at radius 1 is 1.25 bits per heavy atom. The summed E-state index contributed by atoms with van der Waals surface area (Å²) in [6, 6.07) is 5.58. The quantitative estimate of drug-likeness (QED) is 0.614. The summed E-state index contributed by atoms with van der Waals surface area (Å²) in [5.41, 5.74) is 0.542. The van der Waals surface area contributed by atoms with Gasteiger partial charge in [0, 0.05) is 24.3 Å². The van der Waals surface area contributed by atoms with E-state index in [1.807, 2.05) is 0 Å². The number of anilines is 3. The van der Waals surface area contributed by atoms with Crippen molar-refractivity contribution < 1.29 is 14.4 Å². The Bertz CT molecular complexity index is 875. The van der Waals surface area contributed by atoms with Gasteiger partial charge in [-0.05, 0) is 37.8 Å². The Morgan fingerprint density at radius 2 is 2.07 bits per heavy atom. The van der Waals surface area contributed by atoms with Gasteiger partial charge in [-0.1, -0.05) is 6.92 Å². The number of rotatable bonds is 5. The number of nitrogens with zero attached hydrogens (tertiary/aromatic N) is 4. The molecule has 3 heterocycles. The zero-order chi connectivity index (χ0) is 19.5. The minimum absolute atomic E-state index is 0.0993. The van der Waals surface area contributed by atoms with E-state index in [-0.39, 0.29) is 17.5 Å². The van der Waals surface area contributed by atoms with E-state index in [1.54, 1.807) is 18.2 Å². The first kappa shape index (κ1) is 18.3. The number of aromatic nitrogens is 2. The van der Waals surface area contributed by atoms with Crippen molar-refractivity contribution in [1.82, 2.24) is 9.97 Å². The highest BCUT2D eigenvalue weighted by atomic mass is 16.6. The van der Waals surface area contributed by atoms with Gasteiger partial charge in [-0.15, -0.1) is 0 Å². The summed E-state index contributed by atoms with van der Waals surface area (Å²) in [6.07, 6.45) is 5.46. The zero-order valence-corrected chi connectivity index (χ0v) is 15.8. The van der Waals surface area contributed by atoms with Crippen LogP contribution in [0.2, 0.25) is 0 Å². The van der Waals surface area contributed by atoms with Gasteiger partial charge in [0.05, 0.1) is 4.92 Å². The van der Waals surface area contributed by atoms with E-state index in [1.165, 1.54) is 6.33 Å². The van der Waals surface area contributed by atoms with Crippen LogP contribution in [0.1, 0.15) is 32.6 Å². The SMILES string of the molecule is CCC1CCCCN1c1ncnc(Nc2ccc3c(c2)OCCO3)c1[N+](=O)[O-]. The predicted octanol–water partition coefficient (Wildman–Crippen LogP) is 3.67. The molecule has 0 bridgehead atoms. The van der Waals surface area contributed by atoms with Crippen molar-refractivity contribution in [3.05, 3.63) is 34.6 Å². The second-order valence-electron chi connectivity index (χ2n) is 6.89. The molecule has 0 saturated carbocycles. The lowest BCUT2D eigenvalue weighted by Crippen LogP contribution is -2.40. The van der Waals surface area contributed by atoms with Crippen molar-refractivity contribution in [2.75, 3.05) is 30.0 Å². The van der Waals surface area contributed by atoms with E-state index < -0.39 is 4.92 Å². The third-order valence-electron chi connectivity index (χ3n) is 5.16. The van der Waals surface area contributed by atoms with Crippen LogP contribution in [0.4, 0.5) is 23.0 Å². The van der Waals surface area contributed by atoms with Crippen molar-refractivity contribution in [1.29, 1.82) is 0 Å². The number of fused-ring (bicyclic) bond motifs is 1. The summed E-state index contributed by atoms with van der Waals surface area (Å²) in [5.74, 6) is 1.82. The molecule has 1 fully saturated rings. The Kier molecular flexibility index (Phi) is 5.14. The second kappa shape index (κ2) is 7.87. The van der Waals surface area contributed by atoms with Crippen LogP contribution in [-0.4, -0.2) is 40.7 Å². The molecule has 28 heavy (non-hydrogen) atoms. The summed E-state index contributed by atoms with van der Waals surface area (Å²) in [4.78, 5) is 22.0. The van der Waals surface area contributed by atoms with Crippen LogP contribution in [0.3, 0.4) is 0 Å². The molecule has 2 aromatic rings. The third kappa shape index (κ3) is 3.51. The maximum absolute atomic E-state index is 11.9. The van der Waals surface area contributed by atoms with Crippen LogP contribution >= 0.6 is 0 Å². The molecule has 0 spiro atoms. The summed E-state index contributed by atoms with van der Waals surface area (Å²) < 4.78 is 11.1. The van der Waals surface area contributed by atoms with E-state index >= 15 is 0 Å². The van der Waals surface area contributed by atoms with Crippen LogP contribution in [0.5, 0.6) is 11.5 Å². The average Bonchev–Trinajstić information content (AvgIpc) is 2.73. The van der Waals surface area contributed by atoms with E-state index in [2.05, 4.69) is 27.1 Å². The molecule has 9 heteroatoms. The van der Waals surface area contributed by atoms with Crippen LogP contribution in [-0.2, 0) is 0 Å². The number of nitro groups is 1. The average molecular weight is 385 g/mol. The number of piperidine rings is 1. The predicted molar refractivity (Wildman–Crippen MR) is 105 cm³/mol. The molecule has 1 unspecified atom stereocenters. The van der Waals surface area contributed by atoms with Crippen LogP contribution in [0.25, 0.3) is 0 Å². The lowest BCUT2D eigenvalue weighted by Gasteiger charge is -2.35. The Morgan fingerprint density at radius 3 is 2.86 bits per heavy atom. The Balaban J connectivity index is 1.68. The largest absolute Gasteiger partial charge is 0.486 e. The molecule has 1 N–H and O–H groups in total. The van der Waals surface area contributed by atoms with Gasteiger partial charge in [0.1, 0.15) is 19.5 Å². The van der Waals surface area contributed by atoms with Gasteiger partial charge in [0.15, 0.2) is 11.5 Å². The molecule has 0 radical (unpaired) electrons. The number of hydrogen-bond donors (Lipinski definition) is 1. The van der Waals surface area contributed by atoms with Gasteiger partial charge < -0.3 is 19.7 Å². The lowest BCUT2D eigenvalue weighted by molar-refractivity contribution is -0.383. The molecular formula is C19H23N5O4. The molecule has 1 saturated heterocycles. The van der Waals surface area contributed by atoms with Crippen LogP contribution < -0.4 is 19.7 Å². The van der Waals surface area contributed by atoms with Crippen molar-refractivity contribution >= 4 is 23.0 Å². The maximum Gasteiger partial charge on any atom is 0.353 e. The molecule has 0 amide bonds. The minimum Gasteiger partial charge on any atom is -0.486 e. The molecular weight excluding hydrogens is 362 g/mol. The molecule has 148 valence electrons. The topological polar surface area (TPSA) is 103 Å². The molecule has 1 aromatic carbocycles. The van der Waals surface area contributed by atoms with E-state index in [0.29, 0.717) is 36.2 Å². The van der Waals surface area contributed by atoms with Gasteiger partial charge in [-0.2, -0.15) is 0 Å². The summed E-state index contributed by atoms with van der Waals surface area (Å²) in [5, 5.41) is 15.0. The van der Waals surface area contributed by atoms with Gasteiger partial charge in [0.25, 0.3) is 0 Å². The lowest BCUT2D eigenvalue weighted by atomic mass is 10.00. The smallest absolute Gasteiger partial charge is 0.353 e. The highest BCUT2D eigenvalue weighted by Gasteiger charge is 2.32. The van der Waals surface area contributed by atoms with E-state index in [9.17, 15) is 10.1 Å². The molecule has 1 aromatic heterocycles. The van der Waals surface area contributed by atoms with Gasteiger partial charge in [-0.25, -0.2) is 9.97 Å². The van der Waals surface area contributed by atoms with Gasteiger partial charge in [0.2, 0.25) is 11.6 Å². The normalized spacial score (nSPS) is 18.6. The number of hydrogen-bond acceptors (Lipinski definition) is 8. The number of nitrogens with one attached hydrogen (secondary N) is 1. The Hall–Kier alpha value is -3.10. The van der Waals surface area contributed by atoms with Crippen LogP contribution in [0, 0.1) is 10.1 Å². The molecule has 4 rings (SSSR count). The molecule has 2 aliphatic rings. The summed E-state index contributed by atoms with van der Waals surface area (Å²) in [7, 11) is 0. The third-order valence-corrected chi connectivity index (χ3v) is 5.16. The highest BCUT2D eigenvalue weighted by molar-refractivity contribution is 5.75. The standard InChI is InChI=1S/C19H23N5O4/c1-2-14-5-3-4-8-23(14)19-17(24(25)26)18(20-12-21-19)22-13-6-7-15-16(11-13)28-10-9-27-15/h6-7,11-12,14H,2-5,8-10H2,1H3,(H,20,21,22). The fourth-order valence-corrected chi connectivity index (χ4v) is 3.80. The second-order valence-corrected chi connectivity index (χ2v) is 6.89. The van der Waals surface area contributed by atoms with Crippen molar-refractivity contribution in [3.63, 3.8) is 0 Å². The first-order valence-corrected chi connectivity index (χ1v) is 9.60. The fraction of sp³-hybridized carbons (Fsp3) is 0.474. The van der Waals surface area contributed by atoms with Gasteiger partial charge in [-0.3, -0.25) is 10.1 Å². The molecule has 9 nitrogen and oxygen atoms in total. The first-order chi connectivity index (χ1) is 13.7. The van der Waals surface area contributed by atoms with Gasteiger partial charge >= 0.3 is 5.69 Å². The van der Waals surface area contributed by atoms with Crippen molar-refractivity contribution in [2.45, 2.75) is 38.6 Å². The zero-order valence-electron chi connectivity index (χ0n) is 15.8. The maximum atomic E-state index is 11.9. The summed E-state index contributed by atoms with van der Waals surface area (Å²) in [6.45, 7) is 3.85. The molecule has 2 aliphatic heterocycles. The van der Waals surface area contributed by atoms with Crippen LogP contribution in [0.15, 0.2) is 24.5 Å². The van der Waals surface area contributed by atoms with E-state index in [0.717, 1.165) is 32.2 Å². The van der Waals surface area contributed by atoms with Crippen molar-refractivity contribution in [3.8, 4) is 11.5 Å². The minimum atomic E-state index is -0.406. The number of ether oxygens (including phenoxy) is 2. The molecule has 1 atom stereocenters. The first-order valence-electron chi connectivity index (χ1n) is 9.60. The summed E-state index contributed by atoms with van der Waals surface area (Å²) >= 11 is 0. The number of benzene rings is 1. The molecule has 0 aliphatic carbocycles. The fourth-order valence-electron chi connectivity index (χ4n) is 3.80.